The van der Waals surface area contributed by atoms with Crippen molar-refractivity contribution in [2.75, 3.05) is 0 Å². The first-order valence-corrected chi connectivity index (χ1v) is 7.73. The number of hydrogen-bond acceptors (Lipinski definition) is 2. The molecule has 2 aromatic carbocycles. The smallest absolute Gasteiger partial charge is 0.0980 e. The Hall–Kier alpha value is -1.06. The predicted molar refractivity (Wildman–Crippen MR) is 88.7 cm³/mol. The summed E-state index contributed by atoms with van der Waals surface area (Å²) >= 11 is 11.9. The lowest BCUT2D eigenvalue weighted by Crippen LogP contribution is -2.29. The molecule has 112 valence electrons. The van der Waals surface area contributed by atoms with Crippen molar-refractivity contribution in [3.8, 4) is 0 Å². The average molecular weight is 324 g/mol. The summed E-state index contributed by atoms with van der Waals surface area (Å²) in [6, 6.07) is 15.2. The molecule has 2 N–H and O–H groups in total. The lowest BCUT2D eigenvalue weighted by molar-refractivity contribution is 0.0213. The van der Waals surface area contributed by atoms with Crippen molar-refractivity contribution < 1.29 is 4.74 Å². The highest BCUT2D eigenvalue weighted by atomic mass is 35.5. The molecular formula is C17H19Cl2NO. The van der Waals surface area contributed by atoms with Gasteiger partial charge in [-0.1, -0.05) is 54.4 Å². The van der Waals surface area contributed by atoms with E-state index < -0.39 is 0 Å². The zero-order chi connectivity index (χ0) is 15.2. The van der Waals surface area contributed by atoms with E-state index >= 15 is 0 Å². The standard InChI is InChI=1S/C17H19Cl2NO/c1-2-16(20)17(13-4-3-5-15(19)10-13)21-11-12-6-8-14(18)9-7-12/h3-10,16-17H,2,11,20H2,1H3. The highest BCUT2D eigenvalue weighted by molar-refractivity contribution is 6.30. The molecule has 2 unspecified atom stereocenters. The van der Waals surface area contributed by atoms with Crippen molar-refractivity contribution in [1.29, 1.82) is 0 Å². The van der Waals surface area contributed by atoms with E-state index in [2.05, 4.69) is 0 Å². The lowest BCUT2D eigenvalue weighted by atomic mass is 10.0. The zero-order valence-electron chi connectivity index (χ0n) is 11.9. The fourth-order valence-corrected chi connectivity index (χ4v) is 2.46. The Bertz CT molecular complexity index is 571. The SMILES string of the molecule is CCC(N)C(OCc1ccc(Cl)cc1)c1cccc(Cl)c1. The largest absolute Gasteiger partial charge is 0.367 e. The molecule has 2 nitrogen and oxygen atoms in total. The number of benzene rings is 2. The molecule has 2 rings (SSSR count). The third kappa shape index (κ3) is 4.72. The van der Waals surface area contributed by atoms with Gasteiger partial charge in [-0.25, -0.2) is 0 Å². The third-order valence-electron chi connectivity index (χ3n) is 3.38. The molecule has 0 radical (unpaired) electrons. The van der Waals surface area contributed by atoms with Crippen LogP contribution in [0.5, 0.6) is 0 Å². The van der Waals surface area contributed by atoms with Gasteiger partial charge in [0.05, 0.1) is 12.7 Å². The molecule has 2 aromatic rings. The van der Waals surface area contributed by atoms with E-state index in [1.807, 2.05) is 55.5 Å². The quantitative estimate of drug-likeness (QED) is 0.812. The Morgan fingerprint density at radius 1 is 1.05 bits per heavy atom. The molecule has 0 fully saturated rings. The summed E-state index contributed by atoms with van der Waals surface area (Å²) < 4.78 is 6.04. The van der Waals surface area contributed by atoms with Crippen LogP contribution in [0.1, 0.15) is 30.6 Å². The highest BCUT2D eigenvalue weighted by Gasteiger charge is 2.19. The van der Waals surface area contributed by atoms with Gasteiger partial charge >= 0.3 is 0 Å². The second-order valence-corrected chi connectivity index (χ2v) is 5.86. The summed E-state index contributed by atoms with van der Waals surface area (Å²) in [5, 5.41) is 1.41. The van der Waals surface area contributed by atoms with Crippen LogP contribution in [0, 0.1) is 0 Å². The lowest BCUT2D eigenvalue weighted by Gasteiger charge is -2.24. The van der Waals surface area contributed by atoms with E-state index in [-0.39, 0.29) is 12.1 Å². The Morgan fingerprint density at radius 3 is 2.38 bits per heavy atom. The van der Waals surface area contributed by atoms with E-state index in [0.717, 1.165) is 22.6 Å². The normalized spacial score (nSPS) is 13.9. The van der Waals surface area contributed by atoms with Crippen LogP contribution in [0.25, 0.3) is 0 Å². The Kier molecular flexibility index (Phi) is 6.07. The van der Waals surface area contributed by atoms with E-state index in [4.69, 9.17) is 33.7 Å². The van der Waals surface area contributed by atoms with Gasteiger partial charge < -0.3 is 10.5 Å². The van der Waals surface area contributed by atoms with Crippen LogP contribution in [-0.2, 0) is 11.3 Å². The van der Waals surface area contributed by atoms with Crippen molar-refractivity contribution in [1.82, 2.24) is 0 Å². The minimum atomic E-state index is -0.177. The zero-order valence-corrected chi connectivity index (χ0v) is 13.4. The van der Waals surface area contributed by atoms with Crippen LogP contribution in [0.4, 0.5) is 0 Å². The molecule has 0 saturated carbocycles. The van der Waals surface area contributed by atoms with E-state index in [1.54, 1.807) is 0 Å². The maximum Gasteiger partial charge on any atom is 0.0980 e. The van der Waals surface area contributed by atoms with Gasteiger partial charge in [0.2, 0.25) is 0 Å². The fraction of sp³-hybridized carbons (Fsp3) is 0.294. The summed E-state index contributed by atoms with van der Waals surface area (Å²) in [4.78, 5) is 0. The van der Waals surface area contributed by atoms with Crippen molar-refractivity contribution in [3.05, 3.63) is 69.7 Å². The summed E-state index contributed by atoms with van der Waals surface area (Å²) in [7, 11) is 0. The van der Waals surface area contributed by atoms with Gasteiger partial charge in [0.15, 0.2) is 0 Å². The number of hydrogen-bond donors (Lipinski definition) is 1. The van der Waals surface area contributed by atoms with Gasteiger partial charge in [0.25, 0.3) is 0 Å². The maximum atomic E-state index is 6.20. The minimum Gasteiger partial charge on any atom is -0.367 e. The summed E-state index contributed by atoms with van der Waals surface area (Å²) in [6.07, 6.45) is 0.655. The Labute approximate surface area is 135 Å². The molecular weight excluding hydrogens is 305 g/mol. The van der Waals surface area contributed by atoms with Gasteiger partial charge in [-0.05, 0) is 41.8 Å². The number of halogens is 2. The molecule has 0 aliphatic heterocycles. The van der Waals surface area contributed by atoms with Gasteiger partial charge in [0, 0.05) is 16.1 Å². The molecule has 0 saturated heterocycles. The molecule has 0 aliphatic rings. The van der Waals surface area contributed by atoms with Crippen molar-refractivity contribution >= 4 is 23.2 Å². The minimum absolute atomic E-state index is 0.0734. The molecule has 21 heavy (non-hydrogen) atoms. The molecule has 0 bridgehead atoms. The topological polar surface area (TPSA) is 35.2 Å². The van der Waals surface area contributed by atoms with Crippen LogP contribution in [0.2, 0.25) is 10.0 Å². The van der Waals surface area contributed by atoms with Gasteiger partial charge in [0.1, 0.15) is 0 Å². The van der Waals surface area contributed by atoms with Gasteiger partial charge in [-0.2, -0.15) is 0 Å². The van der Waals surface area contributed by atoms with Gasteiger partial charge in [-0.3, -0.25) is 0 Å². The molecule has 0 heterocycles. The van der Waals surface area contributed by atoms with Crippen molar-refractivity contribution in [2.24, 2.45) is 5.73 Å². The monoisotopic (exact) mass is 323 g/mol. The first-order valence-electron chi connectivity index (χ1n) is 6.97. The number of rotatable bonds is 6. The molecule has 0 aliphatic carbocycles. The van der Waals surface area contributed by atoms with Crippen molar-refractivity contribution in [3.63, 3.8) is 0 Å². The van der Waals surface area contributed by atoms with Crippen LogP contribution in [0.15, 0.2) is 48.5 Å². The van der Waals surface area contributed by atoms with Crippen LogP contribution < -0.4 is 5.73 Å². The van der Waals surface area contributed by atoms with Crippen LogP contribution in [0.3, 0.4) is 0 Å². The van der Waals surface area contributed by atoms with Crippen LogP contribution in [-0.4, -0.2) is 6.04 Å². The van der Waals surface area contributed by atoms with Gasteiger partial charge in [-0.15, -0.1) is 0 Å². The highest BCUT2D eigenvalue weighted by Crippen LogP contribution is 2.26. The molecule has 4 heteroatoms. The summed E-state index contributed by atoms with van der Waals surface area (Å²) in [5.41, 5.74) is 8.27. The Morgan fingerprint density at radius 2 is 1.76 bits per heavy atom. The average Bonchev–Trinajstić information content (AvgIpc) is 2.49. The van der Waals surface area contributed by atoms with Crippen LogP contribution >= 0.6 is 23.2 Å². The summed E-state index contributed by atoms with van der Waals surface area (Å²) in [6.45, 7) is 2.54. The number of nitrogens with two attached hydrogens (primary N) is 1. The molecule has 0 spiro atoms. The maximum absolute atomic E-state index is 6.20. The fourth-order valence-electron chi connectivity index (χ4n) is 2.13. The number of ether oxygens (including phenoxy) is 1. The first kappa shape index (κ1) is 16.3. The van der Waals surface area contributed by atoms with E-state index in [1.165, 1.54) is 0 Å². The molecule has 0 aromatic heterocycles. The molecule has 0 amide bonds. The second-order valence-electron chi connectivity index (χ2n) is 4.99. The first-order chi connectivity index (χ1) is 10.1. The van der Waals surface area contributed by atoms with E-state index in [0.29, 0.717) is 11.6 Å². The Balaban J connectivity index is 2.11. The third-order valence-corrected chi connectivity index (χ3v) is 3.87. The predicted octanol–water partition coefficient (Wildman–Crippen LogP) is 4.99. The van der Waals surface area contributed by atoms with Crippen molar-refractivity contribution in [2.45, 2.75) is 32.1 Å². The molecule has 2 atom stereocenters. The summed E-state index contributed by atoms with van der Waals surface area (Å²) in [5.74, 6) is 0. The second kappa shape index (κ2) is 7.81. The van der Waals surface area contributed by atoms with E-state index in [9.17, 15) is 0 Å².